The molecule has 6 heteroatoms. The molecule has 158 valence electrons. The van der Waals surface area contributed by atoms with Crippen LogP contribution >= 0.6 is 0 Å². The molecule has 4 rings (SSSR count). The van der Waals surface area contributed by atoms with Crippen molar-refractivity contribution in [2.24, 2.45) is 0 Å². The second-order valence-electron chi connectivity index (χ2n) is 8.85. The van der Waals surface area contributed by atoms with E-state index in [-0.39, 0.29) is 18.0 Å². The third kappa shape index (κ3) is 3.80. The van der Waals surface area contributed by atoms with Crippen LogP contribution in [-0.4, -0.2) is 77.1 Å². The van der Waals surface area contributed by atoms with Gasteiger partial charge in [-0.05, 0) is 51.5 Å². The van der Waals surface area contributed by atoms with Gasteiger partial charge in [-0.1, -0.05) is 30.3 Å². The Kier molecular flexibility index (Phi) is 5.93. The molecule has 1 aromatic carbocycles. The van der Waals surface area contributed by atoms with Gasteiger partial charge in [0.1, 0.15) is 5.54 Å². The number of amides is 3. The lowest BCUT2D eigenvalue weighted by atomic mass is 9.84. The molecule has 3 saturated heterocycles. The molecule has 0 bridgehead atoms. The van der Waals surface area contributed by atoms with E-state index in [0.29, 0.717) is 12.6 Å². The predicted octanol–water partition coefficient (Wildman–Crippen LogP) is 2.92. The number of carbonyl (C=O) groups excluding carboxylic acids is 2. The second-order valence-corrected chi connectivity index (χ2v) is 8.85. The van der Waals surface area contributed by atoms with Crippen molar-refractivity contribution in [1.82, 2.24) is 14.7 Å². The van der Waals surface area contributed by atoms with Crippen LogP contribution in [0.1, 0.15) is 45.1 Å². The Balaban J connectivity index is 1.51. The van der Waals surface area contributed by atoms with Crippen molar-refractivity contribution >= 4 is 11.9 Å². The molecule has 0 aromatic heterocycles. The summed E-state index contributed by atoms with van der Waals surface area (Å²) in [6, 6.07) is 10.5. The molecule has 0 atom stereocenters. The Morgan fingerprint density at radius 2 is 1.72 bits per heavy atom. The van der Waals surface area contributed by atoms with Gasteiger partial charge in [-0.15, -0.1) is 0 Å². The molecule has 3 aliphatic rings. The van der Waals surface area contributed by atoms with E-state index in [1.165, 1.54) is 10.5 Å². The zero-order chi connectivity index (χ0) is 20.4. The monoisotopic (exact) mass is 399 g/mol. The van der Waals surface area contributed by atoms with Crippen LogP contribution in [0.25, 0.3) is 0 Å². The predicted molar refractivity (Wildman–Crippen MR) is 112 cm³/mol. The molecular weight excluding hydrogens is 366 g/mol. The van der Waals surface area contributed by atoms with Crippen LogP contribution < -0.4 is 0 Å². The molecule has 1 spiro atoms. The molecule has 3 amide bonds. The highest BCUT2D eigenvalue weighted by Gasteiger charge is 2.58. The van der Waals surface area contributed by atoms with Crippen LogP contribution in [0.5, 0.6) is 0 Å². The van der Waals surface area contributed by atoms with Gasteiger partial charge in [-0.2, -0.15) is 0 Å². The highest BCUT2D eigenvalue weighted by atomic mass is 16.5. The van der Waals surface area contributed by atoms with E-state index >= 15 is 0 Å². The first kappa shape index (κ1) is 20.4. The van der Waals surface area contributed by atoms with Gasteiger partial charge in [0.2, 0.25) is 0 Å². The molecule has 1 aromatic rings. The summed E-state index contributed by atoms with van der Waals surface area (Å²) in [5, 5.41) is 0. The van der Waals surface area contributed by atoms with Crippen molar-refractivity contribution < 1.29 is 14.3 Å². The van der Waals surface area contributed by atoms with Gasteiger partial charge in [0.15, 0.2) is 0 Å². The number of hydrogen-bond donors (Lipinski definition) is 0. The first-order valence-electron chi connectivity index (χ1n) is 11.0. The molecule has 3 aliphatic heterocycles. The lowest BCUT2D eigenvalue weighted by Gasteiger charge is -2.45. The fourth-order valence-corrected chi connectivity index (χ4v) is 5.18. The number of piperidine rings is 1. The molecule has 0 aliphatic carbocycles. The molecule has 0 saturated carbocycles. The van der Waals surface area contributed by atoms with E-state index in [2.05, 4.69) is 17.0 Å². The summed E-state index contributed by atoms with van der Waals surface area (Å²) in [5.41, 5.74) is 0.531. The van der Waals surface area contributed by atoms with E-state index < -0.39 is 5.54 Å². The molecule has 0 unspecified atom stereocenters. The largest absolute Gasteiger partial charge is 0.381 e. The Hall–Kier alpha value is -1.92. The van der Waals surface area contributed by atoms with Gasteiger partial charge in [-0.25, -0.2) is 4.79 Å². The maximum Gasteiger partial charge on any atom is 0.327 e. The summed E-state index contributed by atoms with van der Waals surface area (Å²) in [5.74, 6) is 0.0113. The van der Waals surface area contributed by atoms with Gasteiger partial charge in [0.25, 0.3) is 5.91 Å². The third-order valence-electron chi connectivity index (χ3n) is 6.89. The van der Waals surface area contributed by atoms with Gasteiger partial charge < -0.3 is 14.5 Å². The summed E-state index contributed by atoms with van der Waals surface area (Å²) < 4.78 is 5.51. The van der Waals surface area contributed by atoms with Gasteiger partial charge in [-0.3, -0.25) is 9.69 Å². The molecule has 6 nitrogen and oxygen atoms in total. The number of rotatable bonds is 5. The number of carbonyl (C=O) groups is 2. The lowest BCUT2D eigenvalue weighted by molar-refractivity contribution is -0.137. The van der Waals surface area contributed by atoms with E-state index in [1.807, 2.05) is 36.9 Å². The average Bonchev–Trinajstić information content (AvgIpc) is 2.94. The molecule has 29 heavy (non-hydrogen) atoms. The van der Waals surface area contributed by atoms with E-state index in [4.69, 9.17) is 4.74 Å². The standard InChI is InChI=1S/C23H33N3O3/c1-18(2)26-21(27)23(11-14-24(15-12-23)20-9-16-29-17-10-20)25(22(26)28)13-8-19-6-4-3-5-7-19/h3-7,18,20H,8-17H2,1-2H3. The van der Waals surface area contributed by atoms with Crippen molar-refractivity contribution in [2.45, 2.75) is 63.6 Å². The topological polar surface area (TPSA) is 53.1 Å². The zero-order valence-electron chi connectivity index (χ0n) is 17.7. The van der Waals surface area contributed by atoms with Crippen molar-refractivity contribution in [3.63, 3.8) is 0 Å². The minimum Gasteiger partial charge on any atom is -0.381 e. The minimum atomic E-state index is -0.669. The third-order valence-corrected chi connectivity index (χ3v) is 6.89. The van der Waals surface area contributed by atoms with Gasteiger partial charge in [0.05, 0.1) is 0 Å². The van der Waals surface area contributed by atoms with Crippen LogP contribution in [0, 0.1) is 0 Å². The van der Waals surface area contributed by atoms with Gasteiger partial charge >= 0.3 is 6.03 Å². The van der Waals surface area contributed by atoms with E-state index in [9.17, 15) is 9.59 Å². The summed E-state index contributed by atoms with van der Waals surface area (Å²) in [4.78, 5) is 32.6. The summed E-state index contributed by atoms with van der Waals surface area (Å²) in [7, 11) is 0. The summed E-state index contributed by atoms with van der Waals surface area (Å²) in [6.07, 6.45) is 4.36. The van der Waals surface area contributed by atoms with Crippen molar-refractivity contribution in [1.29, 1.82) is 0 Å². The smallest absolute Gasteiger partial charge is 0.327 e. The number of likely N-dealkylation sites (tertiary alicyclic amines) is 1. The number of hydrogen-bond acceptors (Lipinski definition) is 4. The summed E-state index contributed by atoms with van der Waals surface area (Å²) >= 11 is 0. The second kappa shape index (κ2) is 8.44. The zero-order valence-corrected chi connectivity index (χ0v) is 17.7. The Morgan fingerprint density at radius 3 is 2.34 bits per heavy atom. The Labute approximate surface area is 173 Å². The van der Waals surface area contributed by atoms with Crippen LogP contribution in [0.4, 0.5) is 4.79 Å². The molecule has 3 heterocycles. The molecule has 0 N–H and O–H groups in total. The van der Waals surface area contributed by atoms with Crippen LogP contribution in [0.15, 0.2) is 30.3 Å². The van der Waals surface area contributed by atoms with Crippen molar-refractivity contribution in [3.8, 4) is 0 Å². The Bertz CT molecular complexity index is 722. The highest BCUT2D eigenvalue weighted by Crippen LogP contribution is 2.39. The van der Waals surface area contributed by atoms with Crippen LogP contribution in [-0.2, 0) is 16.0 Å². The number of nitrogens with zero attached hydrogens (tertiary/aromatic N) is 3. The fraction of sp³-hybridized carbons (Fsp3) is 0.652. The van der Waals surface area contributed by atoms with Gasteiger partial charge in [0, 0.05) is 44.9 Å². The lowest BCUT2D eigenvalue weighted by Crippen LogP contribution is -2.58. The summed E-state index contributed by atoms with van der Waals surface area (Å²) in [6.45, 7) is 7.86. The number of urea groups is 1. The SMILES string of the molecule is CC(C)N1C(=O)N(CCc2ccccc2)C2(CCN(C3CCOCC3)CC2)C1=O. The molecular formula is C23H33N3O3. The Morgan fingerprint density at radius 1 is 1.07 bits per heavy atom. The molecule has 0 radical (unpaired) electrons. The van der Waals surface area contributed by atoms with Crippen molar-refractivity contribution in [2.75, 3.05) is 32.8 Å². The first-order valence-corrected chi connectivity index (χ1v) is 11.0. The van der Waals surface area contributed by atoms with E-state index in [0.717, 1.165) is 58.4 Å². The average molecular weight is 400 g/mol. The first-order chi connectivity index (χ1) is 14.0. The van der Waals surface area contributed by atoms with E-state index in [1.54, 1.807) is 0 Å². The van der Waals surface area contributed by atoms with Crippen LogP contribution in [0.2, 0.25) is 0 Å². The maximum atomic E-state index is 13.5. The quantitative estimate of drug-likeness (QED) is 0.715. The number of benzene rings is 1. The maximum absolute atomic E-state index is 13.5. The number of imide groups is 1. The van der Waals surface area contributed by atoms with Crippen molar-refractivity contribution in [3.05, 3.63) is 35.9 Å². The normalized spacial score (nSPS) is 23.6. The highest BCUT2D eigenvalue weighted by molar-refractivity contribution is 6.07. The minimum absolute atomic E-state index is 0.0113. The fourth-order valence-electron chi connectivity index (χ4n) is 5.18. The number of ether oxygens (including phenoxy) is 1. The molecule has 3 fully saturated rings. The van der Waals surface area contributed by atoms with Crippen LogP contribution in [0.3, 0.4) is 0 Å².